The van der Waals surface area contributed by atoms with Gasteiger partial charge in [0.2, 0.25) is 0 Å². The van der Waals surface area contributed by atoms with Crippen LogP contribution >= 0.6 is 0 Å². The van der Waals surface area contributed by atoms with E-state index < -0.39 is 6.09 Å². The summed E-state index contributed by atoms with van der Waals surface area (Å²) >= 11 is 0. The van der Waals surface area contributed by atoms with Crippen molar-refractivity contribution in [2.45, 2.75) is 6.42 Å². The molecule has 0 spiro atoms. The van der Waals surface area contributed by atoms with Crippen LogP contribution in [0, 0.1) is 0 Å². The van der Waals surface area contributed by atoms with Gasteiger partial charge in [0.25, 0.3) is 0 Å². The molecule has 5 nitrogen and oxygen atoms in total. The Hall–Kier alpha value is -1.10. The quantitative estimate of drug-likeness (QED) is 0.551. The SMILES string of the molecule is COC(=O)N/N=C1\CCOC1. The topological polar surface area (TPSA) is 59.9 Å². The fraction of sp³-hybridized carbons (Fsp3) is 0.667. The van der Waals surface area contributed by atoms with E-state index >= 15 is 0 Å². The van der Waals surface area contributed by atoms with Crippen LogP contribution in [0.4, 0.5) is 4.79 Å². The minimum atomic E-state index is -0.551. The molecule has 0 aliphatic carbocycles. The van der Waals surface area contributed by atoms with E-state index in [1.807, 2.05) is 0 Å². The number of methoxy groups -OCH3 is 1. The van der Waals surface area contributed by atoms with E-state index in [2.05, 4.69) is 15.3 Å². The van der Waals surface area contributed by atoms with E-state index in [1.165, 1.54) is 7.11 Å². The second-order valence-corrected chi connectivity index (χ2v) is 2.08. The Kier molecular flexibility index (Phi) is 2.85. The molecule has 0 unspecified atom stereocenters. The number of nitrogens with one attached hydrogen (secondary N) is 1. The zero-order chi connectivity index (χ0) is 8.10. The molecule has 1 heterocycles. The van der Waals surface area contributed by atoms with Crippen molar-refractivity contribution < 1.29 is 14.3 Å². The van der Waals surface area contributed by atoms with Gasteiger partial charge in [-0.1, -0.05) is 0 Å². The third-order valence-corrected chi connectivity index (χ3v) is 1.29. The Morgan fingerprint density at radius 1 is 1.82 bits per heavy atom. The molecule has 1 N–H and O–H groups in total. The van der Waals surface area contributed by atoms with E-state index in [0.29, 0.717) is 13.2 Å². The minimum absolute atomic E-state index is 0.504. The zero-order valence-electron chi connectivity index (χ0n) is 6.29. The third kappa shape index (κ3) is 2.55. The average Bonchev–Trinajstić information content (AvgIpc) is 2.52. The van der Waals surface area contributed by atoms with E-state index in [4.69, 9.17) is 4.74 Å². The van der Waals surface area contributed by atoms with E-state index in [9.17, 15) is 4.79 Å². The average molecular weight is 158 g/mol. The van der Waals surface area contributed by atoms with Crippen molar-refractivity contribution in [1.29, 1.82) is 0 Å². The van der Waals surface area contributed by atoms with Crippen LogP contribution in [-0.4, -0.2) is 32.1 Å². The molecule has 0 bridgehead atoms. The zero-order valence-corrected chi connectivity index (χ0v) is 6.29. The van der Waals surface area contributed by atoms with Gasteiger partial charge in [-0.2, -0.15) is 5.10 Å². The molecule has 1 aliphatic rings. The number of amides is 1. The number of carbonyl (C=O) groups excluding carboxylic acids is 1. The highest BCUT2D eigenvalue weighted by atomic mass is 16.5. The number of rotatable bonds is 1. The summed E-state index contributed by atoms with van der Waals surface area (Å²) in [7, 11) is 1.29. The lowest BCUT2D eigenvalue weighted by Gasteiger charge is -1.96. The smallest absolute Gasteiger partial charge is 0.427 e. The maximum Gasteiger partial charge on any atom is 0.427 e. The molecule has 0 aromatic heterocycles. The molecule has 0 saturated carbocycles. The molecule has 0 atom stereocenters. The fourth-order valence-electron chi connectivity index (χ4n) is 0.711. The predicted octanol–water partition coefficient (Wildman–Crippen LogP) is 0.119. The van der Waals surface area contributed by atoms with Crippen LogP contribution in [0.1, 0.15) is 6.42 Å². The third-order valence-electron chi connectivity index (χ3n) is 1.29. The first kappa shape index (κ1) is 8.00. The van der Waals surface area contributed by atoms with Gasteiger partial charge in [-0.05, 0) is 0 Å². The van der Waals surface area contributed by atoms with Crippen LogP contribution in [0.2, 0.25) is 0 Å². The number of carbonyl (C=O) groups is 1. The number of hydrogen-bond donors (Lipinski definition) is 1. The van der Waals surface area contributed by atoms with Crippen LogP contribution in [-0.2, 0) is 9.47 Å². The lowest BCUT2D eigenvalue weighted by Crippen LogP contribution is -2.19. The van der Waals surface area contributed by atoms with Crippen LogP contribution in [0.3, 0.4) is 0 Å². The van der Waals surface area contributed by atoms with E-state index in [1.54, 1.807) is 0 Å². The number of hydrogen-bond acceptors (Lipinski definition) is 4. The van der Waals surface area contributed by atoms with Gasteiger partial charge < -0.3 is 9.47 Å². The second kappa shape index (κ2) is 3.92. The summed E-state index contributed by atoms with van der Waals surface area (Å²) in [4.78, 5) is 10.5. The van der Waals surface area contributed by atoms with Crippen molar-refractivity contribution >= 4 is 11.8 Å². The summed E-state index contributed by atoms with van der Waals surface area (Å²) in [5.41, 5.74) is 3.06. The lowest BCUT2D eigenvalue weighted by molar-refractivity contribution is 0.171. The van der Waals surface area contributed by atoms with Crippen LogP contribution in [0.15, 0.2) is 5.10 Å². The van der Waals surface area contributed by atoms with Gasteiger partial charge in [0.15, 0.2) is 0 Å². The van der Waals surface area contributed by atoms with E-state index in [-0.39, 0.29) is 0 Å². The highest BCUT2D eigenvalue weighted by molar-refractivity contribution is 5.87. The number of ether oxygens (including phenoxy) is 2. The van der Waals surface area contributed by atoms with Crippen molar-refractivity contribution in [3.63, 3.8) is 0 Å². The Morgan fingerprint density at radius 2 is 2.64 bits per heavy atom. The Labute approximate surface area is 64.4 Å². The Balaban J connectivity index is 2.28. The molecule has 0 aromatic carbocycles. The molecular formula is C6H10N2O3. The largest absolute Gasteiger partial charge is 0.452 e. The summed E-state index contributed by atoms with van der Waals surface area (Å²) in [6.45, 7) is 1.19. The van der Waals surface area contributed by atoms with Gasteiger partial charge in [-0.3, -0.25) is 0 Å². The normalized spacial score (nSPS) is 20.3. The van der Waals surface area contributed by atoms with Gasteiger partial charge in [0, 0.05) is 6.42 Å². The summed E-state index contributed by atoms with van der Waals surface area (Å²) in [6.07, 6.45) is 0.230. The summed E-state index contributed by atoms with van der Waals surface area (Å²) < 4.78 is 9.31. The summed E-state index contributed by atoms with van der Waals surface area (Å²) in [5.74, 6) is 0. The van der Waals surface area contributed by atoms with Crippen molar-refractivity contribution in [3.8, 4) is 0 Å². The molecule has 1 rings (SSSR count). The van der Waals surface area contributed by atoms with Crippen molar-refractivity contribution in [2.24, 2.45) is 5.10 Å². The minimum Gasteiger partial charge on any atom is -0.452 e. The fourth-order valence-corrected chi connectivity index (χ4v) is 0.711. The first-order valence-corrected chi connectivity index (χ1v) is 3.30. The summed E-state index contributed by atoms with van der Waals surface area (Å²) in [6, 6.07) is 0. The molecule has 1 aliphatic heterocycles. The van der Waals surface area contributed by atoms with Gasteiger partial charge in [0.05, 0.1) is 26.0 Å². The molecule has 11 heavy (non-hydrogen) atoms. The number of nitrogens with zero attached hydrogens (tertiary/aromatic N) is 1. The standard InChI is InChI=1S/C6H10N2O3/c1-10-6(9)8-7-5-2-3-11-4-5/h2-4H2,1H3,(H,8,9)/b7-5+. The first-order chi connectivity index (χ1) is 5.33. The Bertz CT molecular complexity index is 171. The first-order valence-electron chi connectivity index (χ1n) is 3.30. The molecular weight excluding hydrogens is 148 g/mol. The molecule has 1 saturated heterocycles. The van der Waals surface area contributed by atoms with Crippen molar-refractivity contribution in [1.82, 2.24) is 5.43 Å². The molecule has 0 aromatic rings. The Morgan fingerprint density at radius 3 is 3.18 bits per heavy atom. The molecule has 5 heteroatoms. The van der Waals surface area contributed by atoms with E-state index in [0.717, 1.165) is 12.1 Å². The number of hydrazone groups is 1. The van der Waals surface area contributed by atoms with Crippen LogP contribution < -0.4 is 5.43 Å². The molecule has 0 radical (unpaired) electrons. The lowest BCUT2D eigenvalue weighted by atomic mass is 10.3. The molecule has 1 amide bonds. The molecule has 62 valence electrons. The van der Waals surface area contributed by atoms with Gasteiger partial charge in [0.1, 0.15) is 0 Å². The van der Waals surface area contributed by atoms with Gasteiger partial charge in [-0.25, -0.2) is 10.2 Å². The second-order valence-electron chi connectivity index (χ2n) is 2.08. The highest BCUT2D eigenvalue weighted by Gasteiger charge is 2.08. The maximum atomic E-state index is 10.5. The van der Waals surface area contributed by atoms with Crippen LogP contribution in [0.25, 0.3) is 0 Å². The van der Waals surface area contributed by atoms with Crippen LogP contribution in [0.5, 0.6) is 0 Å². The maximum absolute atomic E-state index is 10.5. The predicted molar refractivity (Wildman–Crippen MR) is 38.4 cm³/mol. The molecule has 1 fully saturated rings. The monoisotopic (exact) mass is 158 g/mol. The highest BCUT2D eigenvalue weighted by Crippen LogP contribution is 1.97. The summed E-state index contributed by atoms with van der Waals surface area (Å²) in [5, 5.41) is 3.76. The van der Waals surface area contributed by atoms with Crippen molar-refractivity contribution in [3.05, 3.63) is 0 Å². The van der Waals surface area contributed by atoms with Gasteiger partial charge >= 0.3 is 6.09 Å². The van der Waals surface area contributed by atoms with Gasteiger partial charge in [-0.15, -0.1) is 0 Å². The van der Waals surface area contributed by atoms with Crippen molar-refractivity contribution in [2.75, 3.05) is 20.3 Å².